The van der Waals surface area contributed by atoms with Gasteiger partial charge in [0.25, 0.3) is 0 Å². The molecule has 0 unspecified atom stereocenters. The lowest BCUT2D eigenvalue weighted by Gasteiger charge is -2.11. The Hall–Kier alpha value is -2.48. The van der Waals surface area contributed by atoms with Crippen LogP contribution in [-0.2, 0) is 0 Å². The number of hydrogen-bond acceptors (Lipinski definition) is 2. The van der Waals surface area contributed by atoms with E-state index in [-0.39, 0.29) is 0 Å². The highest BCUT2D eigenvalue weighted by atomic mass is 16.5. The smallest absolute Gasteiger partial charge is 0.161 e. The Labute approximate surface area is 120 Å². The summed E-state index contributed by atoms with van der Waals surface area (Å²) in [6.07, 6.45) is 1.82. The van der Waals surface area contributed by atoms with Crippen molar-refractivity contribution in [2.45, 2.75) is 0 Å². The van der Waals surface area contributed by atoms with Gasteiger partial charge in [-0.15, -0.1) is 0 Å². The maximum atomic E-state index is 5.32. The fourth-order valence-electron chi connectivity index (χ4n) is 2.01. The van der Waals surface area contributed by atoms with Crippen LogP contribution in [0.1, 0.15) is 16.7 Å². The maximum Gasteiger partial charge on any atom is 0.161 e. The molecule has 2 aromatic rings. The van der Waals surface area contributed by atoms with Crippen molar-refractivity contribution in [2.24, 2.45) is 0 Å². The zero-order valence-electron chi connectivity index (χ0n) is 11.8. The molecule has 0 bridgehead atoms. The Morgan fingerprint density at radius 1 is 0.900 bits per heavy atom. The Kier molecular flexibility index (Phi) is 4.26. The van der Waals surface area contributed by atoms with Crippen molar-refractivity contribution in [3.05, 3.63) is 72.3 Å². The summed E-state index contributed by atoms with van der Waals surface area (Å²) in [5.41, 5.74) is 4.12. The quantitative estimate of drug-likeness (QED) is 0.798. The van der Waals surface area contributed by atoms with E-state index in [2.05, 4.69) is 13.2 Å². The molecule has 2 heteroatoms. The van der Waals surface area contributed by atoms with Crippen molar-refractivity contribution in [3.8, 4) is 11.5 Å². The first-order valence-corrected chi connectivity index (χ1v) is 6.33. The molecule has 0 aliphatic heterocycles. The summed E-state index contributed by atoms with van der Waals surface area (Å²) in [7, 11) is 3.25. The Morgan fingerprint density at radius 2 is 1.50 bits per heavy atom. The molecule has 0 radical (unpaired) electrons. The summed E-state index contributed by atoms with van der Waals surface area (Å²) < 4.78 is 10.6. The van der Waals surface area contributed by atoms with Gasteiger partial charge in [-0.25, -0.2) is 0 Å². The topological polar surface area (TPSA) is 18.5 Å². The minimum atomic E-state index is 0.703. The third-order valence-corrected chi connectivity index (χ3v) is 3.23. The molecule has 0 spiro atoms. The third-order valence-electron chi connectivity index (χ3n) is 3.23. The Bertz CT molecular complexity index is 624. The summed E-state index contributed by atoms with van der Waals surface area (Å²) in [6, 6.07) is 13.9. The summed E-state index contributed by atoms with van der Waals surface area (Å²) in [5.74, 6) is 1.42. The van der Waals surface area contributed by atoms with Gasteiger partial charge in [-0.05, 0) is 34.4 Å². The molecule has 0 fully saturated rings. The first-order chi connectivity index (χ1) is 9.69. The van der Waals surface area contributed by atoms with Crippen LogP contribution < -0.4 is 9.47 Å². The van der Waals surface area contributed by atoms with Gasteiger partial charge in [0.2, 0.25) is 0 Å². The van der Waals surface area contributed by atoms with Crippen LogP contribution >= 0.6 is 0 Å². The fraction of sp³-hybridized carbons (Fsp3) is 0.111. The molecule has 20 heavy (non-hydrogen) atoms. The zero-order valence-corrected chi connectivity index (χ0v) is 11.8. The molecular weight excluding hydrogens is 248 g/mol. The summed E-state index contributed by atoms with van der Waals surface area (Å²) in [6.45, 7) is 7.91. The molecule has 102 valence electrons. The normalized spacial score (nSPS) is 9.90. The fourth-order valence-corrected chi connectivity index (χ4v) is 2.01. The molecule has 0 saturated heterocycles. The molecule has 2 aromatic carbocycles. The number of hydrogen-bond donors (Lipinski definition) is 0. The predicted octanol–water partition coefficient (Wildman–Crippen LogP) is 4.41. The van der Waals surface area contributed by atoms with E-state index in [1.54, 1.807) is 14.2 Å². The maximum absolute atomic E-state index is 5.32. The van der Waals surface area contributed by atoms with Crippen molar-refractivity contribution in [3.63, 3.8) is 0 Å². The van der Waals surface area contributed by atoms with Gasteiger partial charge in [0.15, 0.2) is 11.5 Å². The van der Waals surface area contributed by atoms with Gasteiger partial charge in [0.05, 0.1) is 14.2 Å². The molecule has 0 amide bonds. The van der Waals surface area contributed by atoms with Crippen LogP contribution in [-0.4, -0.2) is 14.2 Å². The van der Waals surface area contributed by atoms with Gasteiger partial charge >= 0.3 is 0 Å². The largest absolute Gasteiger partial charge is 0.493 e. The zero-order chi connectivity index (χ0) is 14.5. The van der Waals surface area contributed by atoms with Crippen LogP contribution in [0.3, 0.4) is 0 Å². The summed E-state index contributed by atoms with van der Waals surface area (Å²) in [4.78, 5) is 0. The molecule has 0 saturated carbocycles. The summed E-state index contributed by atoms with van der Waals surface area (Å²) >= 11 is 0. The highest BCUT2D eigenvalue weighted by Crippen LogP contribution is 2.32. The lowest BCUT2D eigenvalue weighted by Crippen LogP contribution is -1.93. The number of rotatable bonds is 5. The van der Waals surface area contributed by atoms with Crippen LogP contribution in [0.25, 0.3) is 11.6 Å². The second-order valence-electron chi connectivity index (χ2n) is 4.37. The highest BCUT2D eigenvalue weighted by Gasteiger charge is 2.08. The van der Waals surface area contributed by atoms with Crippen LogP contribution in [0.4, 0.5) is 0 Å². The van der Waals surface area contributed by atoms with E-state index in [9.17, 15) is 0 Å². The number of benzene rings is 2. The van der Waals surface area contributed by atoms with E-state index in [0.29, 0.717) is 11.5 Å². The van der Waals surface area contributed by atoms with Crippen LogP contribution in [0, 0.1) is 0 Å². The Morgan fingerprint density at radius 3 is 2.05 bits per heavy atom. The van der Waals surface area contributed by atoms with E-state index < -0.39 is 0 Å². The van der Waals surface area contributed by atoms with Crippen molar-refractivity contribution < 1.29 is 9.47 Å². The lowest BCUT2D eigenvalue weighted by atomic mass is 9.98. The van der Waals surface area contributed by atoms with Crippen LogP contribution in [0.5, 0.6) is 11.5 Å². The van der Waals surface area contributed by atoms with Gasteiger partial charge in [-0.1, -0.05) is 49.6 Å². The average molecular weight is 266 g/mol. The standard InChI is InChI=1S/C18H18O2/c1-5-14-6-8-15(9-7-14)13(2)16-10-11-17(19-3)18(12-16)20-4/h5-12H,1-2H2,3-4H3. The first kappa shape index (κ1) is 13.9. The first-order valence-electron chi connectivity index (χ1n) is 6.33. The number of ether oxygens (including phenoxy) is 2. The molecule has 0 N–H and O–H groups in total. The molecule has 0 aliphatic carbocycles. The van der Waals surface area contributed by atoms with Gasteiger partial charge in [0.1, 0.15) is 0 Å². The molecular formula is C18H18O2. The number of methoxy groups -OCH3 is 2. The third kappa shape index (κ3) is 2.75. The average Bonchev–Trinajstić information content (AvgIpc) is 2.53. The monoisotopic (exact) mass is 266 g/mol. The van der Waals surface area contributed by atoms with Crippen molar-refractivity contribution in [1.29, 1.82) is 0 Å². The van der Waals surface area contributed by atoms with E-state index in [4.69, 9.17) is 9.47 Å². The SMILES string of the molecule is C=Cc1ccc(C(=C)c2ccc(OC)c(OC)c2)cc1. The van der Waals surface area contributed by atoms with Gasteiger partial charge in [-0.2, -0.15) is 0 Å². The van der Waals surface area contributed by atoms with E-state index in [1.807, 2.05) is 48.5 Å². The second kappa shape index (κ2) is 6.11. The molecule has 0 aliphatic rings. The molecule has 2 nitrogen and oxygen atoms in total. The van der Waals surface area contributed by atoms with Gasteiger partial charge in [-0.3, -0.25) is 0 Å². The van der Waals surface area contributed by atoms with Crippen molar-refractivity contribution >= 4 is 11.6 Å². The van der Waals surface area contributed by atoms with E-state index >= 15 is 0 Å². The summed E-state index contributed by atoms with van der Waals surface area (Å²) in [5, 5.41) is 0. The minimum Gasteiger partial charge on any atom is -0.493 e. The molecule has 0 heterocycles. The van der Waals surface area contributed by atoms with Gasteiger partial charge in [0, 0.05) is 0 Å². The molecule has 0 atom stereocenters. The minimum absolute atomic E-state index is 0.703. The van der Waals surface area contributed by atoms with Crippen LogP contribution in [0.15, 0.2) is 55.6 Å². The highest BCUT2D eigenvalue weighted by molar-refractivity contribution is 5.79. The predicted molar refractivity (Wildman–Crippen MR) is 84.2 cm³/mol. The van der Waals surface area contributed by atoms with Crippen LogP contribution in [0.2, 0.25) is 0 Å². The van der Waals surface area contributed by atoms with Crippen molar-refractivity contribution in [2.75, 3.05) is 14.2 Å². The van der Waals surface area contributed by atoms with E-state index in [1.165, 1.54) is 0 Å². The van der Waals surface area contributed by atoms with E-state index in [0.717, 1.165) is 22.3 Å². The van der Waals surface area contributed by atoms with Crippen molar-refractivity contribution in [1.82, 2.24) is 0 Å². The molecule has 0 aromatic heterocycles. The Balaban J connectivity index is 2.34. The van der Waals surface area contributed by atoms with Gasteiger partial charge < -0.3 is 9.47 Å². The lowest BCUT2D eigenvalue weighted by molar-refractivity contribution is 0.355. The second-order valence-corrected chi connectivity index (χ2v) is 4.37. The molecule has 2 rings (SSSR count).